The molecule has 0 radical (unpaired) electrons. The Kier molecular flexibility index (Phi) is 3.53. The molecule has 3 heteroatoms. The number of hydrogen-bond acceptors (Lipinski definition) is 2. The molecule has 0 aromatic rings. The van der Waals surface area contributed by atoms with E-state index < -0.39 is 0 Å². The zero-order valence-electron chi connectivity index (χ0n) is 7.75. The largest absolute Gasteiger partial charge is 0.333 e. The fourth-order valence-electron chi connectivity index (χ4n) is 1.75. The van der Waals surface area contributed by atoms with Crippen LogP contribution in [-0.2, 0) is 4.79 Å². The van der Waals surface area contributed by atoms with E-state index in [9.17, 15) is 4.79 Å². The lowest BCUT2D eigenvalue weighted by Crippen LogP contribution is -2.37. The zero-order valence-corrected chi connectivity index (χ0v) is 7.75. The van der Waals surface area contributed by atoms with Gasteiger partial charge in [-0.25, -0.2) is 0 Å². The second kappa shape index (κ2) is 4.45. The maximum Gasteiger partial charge on any atom is 0.226 e. The molecule has 0 atom stereocenters. The van der Waals surface area contributed by atoms with E-state index in [2.05, 4.69) is 0 Å². The topological polar surface area (TPSA) is 46.3 Å². The molecule has 0 spiro atoms. The molecule has 0 unspecified atom stereocenters. The van der Waals surface area contributed by atoms with E-state index in [1.165, 1.54) is 19.3 Å². The van der Waals surface area contributed by atoms with E-state index in [-0.39, 0.29) is 11.8 Å². The molecule has 0 aliphatic heterocycles. The number of carbonyl (C=O) groups excluding carboxylic acids is 1. The SMILES string of the molecule is CN(CN)C(=O)C1CCCCC1. The predicted octanol–water partition coefficient (Wildman–Crippen LogP) is 0.941. The molecule has 1 amide bonds. The van der Waals surface area contributed by atoms with Gasteiger partial charge in [-0.1, -0.05) is 19.3 Å². The molecule has 3 nitrogen and oxygen atoms in total. The minimum Gasteiger partial charge on any atom is -0.333 e. The highest BCUT2D eigenvalue weighted by atomic mass is 16.2. The Hall–Kier alpha value is -0.570. The fraction of sp³-hybridized carbons (Fsp3) is 0.889. The van der Waals surface area contributed by atoms with Gasteiger partial charge in [-0.3, -0.25) is 4.79 Å². The summed E-state index contributed by atoms with van der Waals surface area (Å²) in [6, 6.07) is 0. The lowest BCUT2D eigenvalue weighted by atomic mass is 9.88. The van der Waals surface area contributed by atoms with Crippen LogP contribution < -0.4 is 5.73 Å². The van der Waals surface area contributed by atoms with Gasteiger partial charge in [0.25, 0.3) is 0 Å². The molecular formula is C9H18N2O. The van der Waals surface area contributed by atoms with Gasteiger partial charge < -0.3 is 10.6 Å². The number of hydrogen-bond donors (Lipinski definition) is 1. The first-order valence-electron chi connectivity index (χ1n) is 4.70. The average molecular weight is 170 g/mol. The minimum atomic E-state index is 0.234. The molecule has 0 saturated heterocycles. The van der Waals surface area contributed by atoms with Crippen molar-refractivity contribution in [1.82, 2.24) is 4.90 Å². The van der Waals surface area contributed by atoms with Crippen molar-refractivity contribution in [3.05, 3.63) is 0 Å². The summed E-state index contributed by atoms with van der Waals surface area (Å²) in [5.74, 6) is 0.490. The highest BCUT2D eigenvalue weighted by Gasteiger charge is 2.22. The standard InChI is InChI=1S/C9H18N2O/c1-11(7-10)9(12)8-5-3-2-4-6-8/h8H,2-7,10H2,1H3. The van der Waals surface area contributed by atoms with Crippen molar-refractivity contribution < 1.29 is 4.79 Å². The van der Waals surface area contributed by atoms with E-state index in [4.69, 9.17) is 5.73 Å². The van der Waals surface area contributed by atoms with Gasteiger partial charge in [0.2, 0.25) is 5.91 Å². The summed E-state index contributed by atoms with van der Waals surface area (Å²) >= 11 is 0. The summed E-state index contributed by atoms with van der Waals surface area (Å²) < 4.78 is 0. The quantitative estimate of drug-likeness (QED) is 0.627. The van der Waals surface area contributed by atoms with Crippen LogP contribution in [0.3, 0.4) is 0 Å². The Labute approximate surface area is 73.9 Å². The molecule has 1 rings (SSSR count). The summed E-state index contributed by atoms with van der Waals surface area (Å²) in [6.07, 6.45) is 5.81. The van der Waals surface area contributed by atoms with Gasteiger partial charge in [0, 0.05) is 13.0 Å². The lowest BCUT2D eigenvalue weighted by molar-refractivity contribution is -0.135. The summed E-state index contributed by atoms with van der Waals surface area (Å²) in [7, 11) is 1.77. The first-order valence-corrected chi connectivity index (χ1v) is 4.70. The molecule has 12 heavy (non-hydrogen) atoms. The number of amides is 1. The maximum absolute atomic E-state index is 11.6. The molecule has 1 aliphatic rings. The molecule has 1 fully saturated rings. The Morgan fingerprint density at radius 3 is 2.50 bits per heavy atom. The molecule has 0 bridgehead atoms. The molecule has 70 valence electrons. The highest BCUT2D eigenvalue weighted by Crippen LogP contribution is 2.24. The average Bonchev–Trinajstić information content (AvgIpc) is 2.17. The van der Waals surface area contributed by atoms with Crippen LogP contribution in [0.5, 0.6) is 0 Å². The first kappa shape index (κ1) is 9.52. The van der Waals surface area contributed by atoms with Crippen molar-refractivity contribution in [3.63, 3.8) is 0 Å². The molecular weight excluding hydrogens is 152 g/mol. The van der Waals surface area contributed by atoms with Crippen LogP contribution in [0.25, 0.3) is 0 Å². The molecule has 1 aliphatic carbocycles. The molecule has 0 aromatic heterocycles. The summed E-state index contributed by atoms with van der Waals surface area (Å²) in [6.45, 7) is 0.343. The van der Waals surface area contributed by atoms with Gasteiger partial charge in [0.05, 0.1) is 6.67 Å². The molecule has 0 aromatic carbocycles. The van der Waals surface area contributed by atoms with Crippen LogP contribution in [0.2, 0.25) is 0 Å². The third-order valence-electron chi connectivity index (χ3n) is 2.60. The van der Waals surface area contributed by atoms with E-state index >= 15 is 0 Å². The number of rotatable bonds is 2. The Morgan fingerprint density at radius 1 is 1.42 bits per heavy atom. The Bertz CT molecular complexity index is 153. The maximum atomic E-state index is 11.6. The third kappa shape index (κ3) is 2.21. The van der Waals surface area contributed by atoms with E-state index in [0.29, 0.717) is 6.67 Å². The molecule has 0 heterocycles. The minimum absolute atomic E-state index is 0.234. The van der Waals surface area contributed by atoms with Gasteiger partial charge in [0.1, 0.15) is 0 Å². The molecule has 1 saturated carbocycles. The zero-order chi connectivity index (χ0) is 8.97. The van der Waals surface area contributed by atoms with Crippen LogP contribution in [0, 0.1) is 5.92 Å². The third-order valence-corrected chi connectivity index (χ3v) is 2.60. The lowest BCUT2D eigenvalue weighted by Gasteiger charge is -2.25. The predicted molar refractivity (Wildman–Crippen MR) is 48.4 cm³/mol. The number of carbonyl (C=O) groups is 1. The van der Waals surface area contributed by atoms with Crippen LogP contribution >= 0.6 is 0 Å². The summed E-state index contributed by atoms with van der Waals surface area (Å²) in [4.78, 5) is 13.2. The fourth-order valence-corrected chi connectivity index (χ4v) is 1.75. The normalized spacial score (nSPS) is 19.2. The van der Waals surface area contributed by atoms with Gasteiger partial charge in [-0.05, 0) is 12.8 Å². The smallest absolute Gasteiger partial charge is 0.226 e. The summed E-state index contributed by atoms with van der Waals surface area (Å²) in [5, 5.41) is 0. The Morgan fingerprint density at radius 2 is 2.00 bits per heavy atom. The number of nitrogens with two attached hydrogens (primary N) is 1. The van der Waals surface area contributed by atoms with Crippen molar-refractivity contribution in [2.75, 3.05) is 13.7 Å². The number of nitrogens with zero attached hydrogens (tertiary/aromatic N) is 1. The van der Waals surface area contributed by atoms with Crippen molar-refractivity contribution in [2.24, 2.45) is 11.7 Å². The van der Waals surface area contributed by atoms with Crippen LogP contribution in [-0.4, -0.2) is 24.5 Å². The highest BCUT2D eigenvalue weighted by molar-refractivity contribution is 5.78. The van der Waals surface area contributed by atoms with Gasteiger partial charge in [-0.15, -0.1) is 0 Å². The van der Waals surface area contributed by atoms with E-state index in [1.54, 1.807) is 11.9 Å². The van der Waals surface area contributed by atoms with Crippen LogP contribution in [0.15, 0.2) is 0 Å². The van der Waals surface area contributed by atoms with Crippen molar-refractivity contribution in [3.8, 4) is 0 Å². The van der Waals surface area contributed by atoms with Crippen molar-refractivity contribution in [2.45, 2.75) is 32.1 Å². The van der Waals surface area contributed by atoms with Gasteiger partial charge in [-0.2, -0.15) is 0 Å². The Balaban J connectivity index is 2.39. The first-order chi connectivity index (χ1) is 5.75. The second-order valence-corrected chi connectivity index (χ2v) is 3.55. The second-order valence-electron chi connectivity index (χ2n) is 3.55. The molecule has 2 N–H and O–H groups in total. The van der Waals surface area contributed by atoms with Crippen LogP contribution in [0.1, 0.15) is 32.1 Å². The monoisotopic (exact) mass is 170 g/mol. The van der Waals surface area contributed by atoms with E-state index in [0.717, 1.165) is 12.8 Å². The van der Waals surface area contributed by atoms with Gasteiger partial charge in [0.15, 0.2) is 0 Å². The van der Waals surface area contributed by atoms with Crippen LogP contribution in [0.4, 0.5) is 0 Å². The van der Waals surface area contributed by atoms with Gasteiger partial charge >= 0.3 is 0 Å². The van der Waals surface area contributed by atoms with Crippen molar-refractivity contribution in [1.29, 1.82) is 0 Å². The summed E-state index contributed by atoms with van der Waals surface area (Å²) in [5.41, 5.74) is 5.38. The van der Waals surface area contributed by atoms with E-state index in [1.807, 2.05) is 0 Å². The van der Waals surface area contributed by atoms with Crippen molar-refractivity contribution >= 4 is 5.91 Å².